The fraction of sp³-hybridized carbons (Fsp3) is 0.333. The van der Waals surface area contributed by atoms with E-state index in [4.69, 9.17) is 11.6 Å². The van der Waals surface area contributed by atoms with Gasteiger partial charge in [-0.15, -0.1) is 5.10 Å². The molecule has 1 aliphatic heterocycles. The van der Waals surface area contributed by atoms with E-state index >= 15 is 4.39 Å². The number of nitrogens with zero attached hydrogens (tertiary/aromatic N) is 5. The number of pyridine rings is 1. The molecule has 1 unspecified atom stereocenters. The van der Waals surface area contributed by atoms with Crippen molar-refractivity contribution in [3.8, 4) is 5.69 Å². The van der Waals surface area contributed by atoms with E-state index in [1.165, 1.54) is 15.5 Å². The fourth-order valence-corrected chi connectivity index (χ4v) is 4.86. The van der Waals surface area contributed by atoms with Gasteiger partial charge in [0.05, 0.1) is 5.69 Å². The van der Waals surface area contributed by atoms with Gasteiger partial charge in [0.2, 0.25) is 0 Å². The van der Waals surface area contributed by atoms with Gasteiger partial charge in [0, 0.05) is 30.3 Å². The van der Waals surface area contributed by atoms with Crippen molar-refractivity contribution in [3.63, 3.8) is 0 Å². The minimum Gasteiger partial charge on any atom is -0.388 e. The van der Waals surface area contributed by atoms with E-state index in [1.807, 2.05) is 26.8 Å². The third kappa shape index (κ3) is 3.74. The summed E-state index contributed by atoms with van der Waals surface area (Å²) in [6, 6.07) is 4.42. The molecule has 0 saturated heterocycles. The number of aliphatic hydroxyl groups excluding tert-OH is 1. The van der Waals surface area contributed by atoms with Gasteiger partial charge in [-0.05, 0) is 57.0 Å². The Balaban J connectivity index is 1.91. The minimum atomic E-state index is -0.786. The van der Waals surface area contributed by atoms with Crippen molar-refractivity contribution in [2.24, 2.45) is 0 Å². The third-order valence-electron chi connectivity index (χ3n) is 6.09. The van der Waals surface area contributed by atoms with E-state index in [-0.39, 0.29) is 41.2 Å². The van der Waals surface area contributed by atoms with Gasteiger partial charge in [-0.1, -0.05) is 23.8 Å². The molecule has 3 heterocycles. The van der Waals surface area contributed by atoms with E-state index in [0.717, 1.165) is 27.6 Å². The van der Waals surface area contributed by atoms with Crippen LogP contribution in [0.2, 0.25) is 5.15 Å². The summed E-state index contributed by atoms with van der Waals surface area (Å²) in [6.45, 7) is 11.3. The summed E-state index contributed by atoms with van der Waals surface area (Å²) >= 11 is 6.42. The first-order valence-electron chi connectivity index (χ1n) is 10.8. The zero-order valence-electron chi connectivity index (χ0n) is 19.4. The maximum absolute atomic E-state index is 15.3. The first-order valence-corrected chi connectivity index (χ1v) is 11.2. The van der Waals surface area contributed by atoms with E-state index in [9.17, 15) is 14.7 Å². The quantitative estimate of drug-likeness (QED) is 0.439. The summed E-state index contributed by atoms with van der Waals surface area (Å²) in [5, 5.41) is 13.8. The second-order valence-electron chi connectivity index (χ2n) is 8.44. The maximum Gasteiger partial charge on any atom is 0.350 e. The lowest BCUT2D eigenvalue weighted by molar-refractivity contribution is 0.0977. The highest BCUT2D eigenvalue weighted by molar-refractivity contribution is 6.33. The number of carbonyl (C=O) groups excluding carboxylic acids is 1. The number of hydrogen-bond acceptors (Lipinski definition) is 5. The van der Waals surface area contributed by atoms with Gasteiger partial charge in [0.15, 0.2) is 11.0 Å². The number of carbonyl (C=O) groups is 1. The molecule has 0 aliphatic carbocycles. The molecule has 1 N–H and O–H groups in total. The number of halogens is 2. The van der Waals surface area contributed by atoms with Gasteiger partial charge in [0.1, 0.15) is 18.1 Å². The topological polar surface area (TPSA) is 93.2 Å². The molecule has 8 nitrogen and oxygen atoms in total. The summed E-state index contributed by atoms with van der Waals surface area (Å²) in [4.78, 5) is 32.1. The molecule has 1 atom stereocenters. The van der Waals surface area contributed by atoms with Gasteiger partial charge < -0.3 is 10.0 Å². The molecule has 34 heavy (non-hydrogen) atoms. The van der Waals surface area contributed by atoms with Gasteiger partial charge in [-0.25, -0.2) is 14.2 Å². The number of aliphatic hydroxyl groups is 1. The van der Waals surface area contributed by atoms with Crippen LogP contribution in [-0.2, 0) is 13.2 Å². The average molecular weight is 486 g/mol. The maximum atomic E-state index is 15.3. The minimum absolute atomic E-state index is 0.0932. The Bertz CT molecular complexity index is 1370. The first kappa shape index (κ1) is 23.8. The summed E-state index contributed by atoms with van der Waals surface area (Å²) < 4.78 is 17.5. The standard InChI is InChI=1S/C24H25ClFN5O3/c1-6-29-20(11-32)28-31(24(29)34)19-9-15-16(8-18(19)26)23(33)30(10-17(15)12(2)3)21-13(4)7-14(5)27-22(21)25/h7-9,17,32H,2,6,10-11H2,1,3-5H3. The Hall–Kier alpha value is -3.30. The predicted molar refractivity (Wildman–Crippen MR) is 127 cm³/mol. The molecule has 10 heteroatoms. The molecule has 0 radical (unpaired) electrons. The summed E-state index contributed by atoms with van der Waals surface area (Å²) in [5.41, 5.74) is 2.77. The number of amides is 1. The van der Waals surface area contributed by atoms with Crippen LogP contribution in [0, 0.1) is 19.7 Å². The Morgan fingerprint density at radius 1 is 1.29 bits per heavy atom. The molecule has 4 rings (SSSR count). The zero-order valence-corrected chi connectivity index (χ0v) is 20.1. The fourth-order valence-electron chi connectivity index (χ4n) is 4.47. The van der Waals surface area contributed by atoms with Gasteiger partial charge >= 0.3 is 5.69 Å². The van der Waals surface area contributed by atoms with Crippen LogP contribution in [0.4, 0.5) is 10.1 Å². The Morgan fingerprint density at radius 3 is 2.56 bits per heavy atom. The van der Waals surface area contributed by atoms with Gasteiger partial charge in [0.25, 0.3) is 5.91 Å². The van der Waals surface area contributed by atoms with Crippen LogP contribution in [0.15, 0.2) is 35.1 Å². The first-order chi connectivity index (χ1) is 16.1. The Kier molecular flexibility index (Phi) is 6.18. The van der Waals surface area contributed by atoms with Crippen LogP contribution >= 0.6 is 11.6 Å². The number of benzene rings is 1. The molecule has 1 aromatic carbocycles. The second-order valence-corrected chi connectivity index (χ2v) is 8.80. The van der Waals surface area contributed by atoms with E-state index in [0.29, 0.717) is 11.3 Å². The zero-order chi connectivity index (χ0) is 24.9. The lowest BCUT2D eigenvalue weighted by Crippen LogP contribution is -2.41. The molecule has 0 spiro atoms. The van der Waals surface area contributed by atoms with Crippen molar-refractivity contribution in [1.82, 2.24) is 19.3 Å². The molecular formula is C24H25ClFN5O3. The average Bonchev–Trinajstić information content (AvgIpc) is 3.09. The summed E-state index contributed by atoms with van der Waals surface area (Å²) in [5.74, 6) is -1.42. The highest BCUT2D eigenvalue weighted by Crippen LogP contribution is 2.39. The number of rotatable bonds is 5. The van der Waals surface area contributed by atoms with Crippen LogP contribution in [0.25, 0.3) is 5.69 Å². The SMILES string of the molecule is C=C(C)C1CN(c2c(C)cc(C)nc2Cl)C(=O)c2cc(F)c(-n3nc(CO)n(CC)c3=O)cc21. The highest BCUT2D eigenvalue weighted by atomic mass is 35.5. The molecule has 1 aliphatic rings. The number of hydrogen-bond donors (Lipinski definition) is 1. The summed E-state index contributed by atoms with van der Waals surface area (Å²) in [6.07, 6.45) is 0. The molecule has 1 amide bonds. The van der Waals surface area contributed by atoms with Crippen molar-refractivity contribution in [2.75, 3.05) is 11.4 Å². The lowest BCUT2D eigenvalue weighted by Gasteiger charge is -2.36. The Morgan fingerprint density at radius 2 is 2.00 bits per heavy atom. The third-order valence-corrected chi connectivity index (χ3v) is 6.36. The molecule has 0 bridgehead atoms. The lowest BCUT2D eigenvalue weighted by atomic mass is 9.84. The second kappa shape index (κ2) is 8.81. The number of aromatic nitrogens is 4. The predicted octanol–water partition coefficient (Wildman–Crippen LogP) is 3.67. The van der Waals surface area contributed by atoms with Crippen molar-refractivity contribution in [1.29, 1.82) is 0 Å². The van der Waals surface area contributed by atoms with Crippen LogP contribution in [0.3, 0.4) is 0 Å². The number of aryl methyl sites for hydroxylation is 2. The van der Waals surface area contributed by atoms with E-state index in [2.05, 4.69) is 16.7 Å². The molecule has 0 fully saturated rings. The Labute approximate surface area is 200 Å². The van der Waals surface area contributed by atoms with Crippen LogP contribution in [0.1, 0.15) is 52.8 Å². The van der Waals surface area contributed by atoms with Crippen LogP contribution < -0.4 is 10.6 Å². The summed E-state index contributed by atoms with van der Waals surface area (Å²) in [7, 11) is 0. The monoisotopic (exact) mass is 485 g/mol. The van der Waals surface area contributed by atoms with Crippen molar-refractivity contribution in [3.05, 3.63) is 80.0 Å². The van der Waals surface area contributed by atoms with Crippen molar-refractivity contribution < 1.29 is 14.3 Å². The molecule has 0 saturated carbocycles. The van der Waals surface area contributed by atoms with E-state index in [1.54, 1.807) is 6.92 Å². The van der Waals surface area contributed by atoms with Gasteiger partial charge in [-0.3, -0.25) is 9.36 Å². The van der Waals surface area contributed by atoms with Crippen molar-refractivity contribution in [2.45, 2.75) is 46.8 Å². The largest absolute Gasteiger partial charge is 0.388 e. The molecule has 178 valence electrons. The molecular weight excluding hydrogens is 461 g/mol. The smallest absolute Gasteiger partial charge is 0.350 e. The van der Waals surface area contributed by atoms with Crippen molar-refractivity contribution >= 4 is 23.2 Å². The van der Waals surface area contributed by atoms with Crippen LogP contribution in [0.5, 0.6) is 0 Å². The van der Waals surface area contributed by atoms with E-state index < -0.39 is 24.0 Å². The van der Waals surface area contributed by atoms with Gasteiger partial charge in [-0.2, -0.15) is 4.68 Å². The van der Waals surface area contributed by atoms with Crippen LogP contribution in [-0.4, -0.2) is 36.9 Å². The molecule has 2 aromatic heterocycles. The molecule has 3 aromatic rings. The highest BCUT2D eigenvalue weighted by Gasteiger charge is 2.36. The number of anilines is 1. The number of fused-ring (bicyclic) bond motifs is 1. The normalized spacial score (nSPS) is 15.6.